The van der Waals surface area contributed by atoms with Crippen LogP contribution in [0.4, 0.5) is 0 Å². The molecule has 0 bridgehead atoms. The molecule has 1 amide bonds. The van der Waals surface area contributed by atoms with E-state index in [1.165, 1.54) is 27.8 Å². The van der Waals surface area contributed by atoms with Gasteiger partial charge in [-0.3, -0.25) is 19.6 Å². The Morgan fingerprint density at radius 1 is 1.47 bits per heavy atom. The molecule has 0 spiro atoms. The van der Waals surface area contributed by atoms with Crippen molar-refractivity contribution in [2.75, 3.05) is 0 Å². The Morgan fingerprint density at radius 2 is 2.26 bits per heavy atom. The van der Waals surface area contributed by atoms with Crippen molar-refractivity contribution >= 4 is 5.91 Å². The molecule has 2 heterocycles. The molecule has 0 aromatic carbocycles. The quantitative estimate of drug-likeness (QED) is 0.391. The largest absolute Gasteiger partial charge is 0.297 e. The topological polar surface area (TPSA) is 121 Å². The van der Waals surface area contributed by atoms with Gasteiger partial charge in [-0.05, 0) is 6.92 Å². The number of aromatic nitrogens is 5. The van der Waals surface area contributed by atoms with Crippen LogP contribution in [0.2, 0.25) is 0 Å². The number of nitrogen functional groups attached to an aromatic ring is 1. The zero-order chi connectivity index (χ0) is 13.8. The zero-order valence-electron chi connectivity index (χ0n) is 10.3. The molecule has 3 N–H and O–H groups in total. The molecule has 19 heavy (non-hydrogen) atoms. The predicted molar refractivity (Wildman–Crippen MR) is 64.9 cm³/mol. The minimum Gasteiger partial charge on any atom is -0.297 e. The molecule has 0 radical (unpaired) electrons. The van der Waals surface area contributed by atoms with Gasteiger partial charge in [-0.2, -0.15) is 0 Å². The van der Waals surface area contributed by atoms with E-state index in [1.54, 1.807) is 6.92 Å². The molecular weight excluding hydrogens is 250 g/mol. The average Bonchev–Trinajstić information content (AvgIpc) is 2.85. The summed E-state index contributed by atoms with van der Waals surface area (Å²) in [5, 5.41) is 7.42. The molecule has 0 saturated carbocycles. The zero-order valence-corrected chi connectivity index (χ0v) is 10.3. The lowest BCUT2D eigenvalue weighted by Gasteiger charge is -2.04. The number of carbonyl (C=O) groups is 1. The van der Waals surface area contributed by atoms with Crippen molar-refractivity contribution in [1.82, 2.24) is 30.0 Å². The Bertz CT molecular complexity index is 645. The second kappa shape index (κ2) is 5.40. The Labute approximate surface area is 108 Å². The maximum atomic E-state index is 11.6. The molecule has 0 aliphatic rings. The summed E-state index contributed by atoms with van der Waals surface area (Å²) in [5.74, 6) is 4.47. The highest BCUT2D eigenvalue weighted by molar-refractivity contribution is 5.91. The number of hydrazine groups is 1. The normalized spacial score (nSPS) is 10.4. The monoisotopic (exact) mass is 263 g/mol. The molecule has 100 valence electrons. The Kier molecular flexibility index (Phi) is 3.66. The molecule has 0 fully saturated rings. The second-order valence-corrected chi connectivity index (χ2v) is 3.90. The van der Waals surface area contributed by atoms with Gasteiger partial charge in [0.25, 0.3) is 11.5 Å². The summed E-state index contributed by atoms with van der Waals surface area (Å²) < 4.78 is 2.91. The lowest BCUT2D eigenvalue weighted by molar-refractivity contribution is 0.0948. The van der Waals surface area contributed by atoms with Crippen LogP contribution in [0.15, 0.2) is 23.4 Å². The second-order valence-electron chi connectivity index (χ2n) is 3.90. The summed E-state index contributed by atoms with van der Waals surface area (Å²) in [7, 11) is 0. The molecule has 0 unspecified atom stereocenters. The predicted octanol–water partition coefficient (Wildman–Crippen LogP) is -1.55. The summed E-state index contributed by atoms with van der Waals surface area (Å²) >= 11 is 0. The van der Waals surface area contributed by atoms with E-state index in [-0.39, 0.29) is 11.3 Å². The van der Waals surface area contributed by atoms with Gasteiger partial charge >= 0.3 is 0 Å². The van der Waals surface area contributed by atoms with Crippen molar-refractivity contribution in [3.63, 3.8) is 0 Å². The molecule has 2 aromatic heterocycles. The number of carbonyl (C=O) groups excluding carboxylic acids is 1. The maximum absolute atomic E-state index is 11.6. The van der Waals surface area contributed by atoms with Crippen molar-refractivity contribution in [3.05, 3.63) is 40.3 Å². The fraction of sp³-hybridized carbons (Fsp3) is 0.300. The highest BCUT2D eigenvalue weighted by Gasteiger charge is 2.08. The van der Waals surface area contributed by atoms with Crippen LogP contribution in [0.5, 0.6) is 0 Å². The first kappa shape index (κ1) is 12.9. The fourth-order valence-corrected chi connectivity index (χ4v) is 1.48. The molecular formula is C10H13N7O2. The van der Waals surface area contributed by atoms with Crippen LogP contribution >= 0.6 is 0 Å². The summed E-state index contributed by atoms with van der Waals surface area (Å²) in [4.78, 5) is 26.8. The number of nitrogens with zero attached hydrogens (tertiary/aromatic N) is 5. The van der Waals surface area contributed by atoms with Crippen molar-refractivity contribution in [1.29, 1.82) is 0 Å². The minimum atomic E-state index is -0.514. The third-order valence-electron chi connectivity index (χ3n) is 2.49. The third-order valence-corrected chi connectivity index (χ3v) is 2.49. The van der Waals surface area contributed by atoms with Crippen LogP contribution in [0, 0.1) is 6.92 Å². The molecule has 0 saturated heterocycles. The molecule has 9 nitrogen and oxygen atoms in total. The van der Waals surface area contributed by atoms with Gasteiger partial charge in [-0.1, -0.05) is 5.21 Å². The van der Waals surface area contributed by atoms with Gasteiger partial charge in [0, 0.05) is 18.3 Å². The number of nitrogens with two attached hydrogens (primary N) is 1. The highest BCUT2D eigenvalue weighted by atomic mass is 16.2. The molecule has 0 atom stereocenters. The number of amides is 1. The van der Waals surface area contributed by atoms with Crippen LogP contribution < -0.4 is 16.8 Å². The van der Waals surface area contributed by atoms with Gasteiger partial charge in [0.05, 0.1) is 19.1 Å². The highest BCUT2D eigenvalue weighted by Crippen LogP contribution is 1.93. The Morgan fingerprint density at radius 3 is 2.95 bits per heavy atom. The smallest absolute Gasteiger partial charge is 0.287 e. The van der Waals surface area contributed by atoms with Crippen molar-refractivity contribution in [3.8, 4) is 0 Å². The van der Waals surface area contributed by atoms with E-state index in [2.05, 4.69) is 15.3 Å². The van der Waals surface area contributed by atoms with Crippen LogP contribution in [-0.4, -0.2) is 30.5 Å². The molecule has 2 rings (SSSR count). The van der Waals surface area contributed by atoms with Crippen molar-refractivity contribution in [2.24, 2.45) is 5.84 Å². The van der Waals surface area contributed by atoms with Gasteiger partial charge < -0.3 is 0 Å². The molecule has 9 heteroatoms. The number of hydrogen-bond acceptors (Lipinski definition) is 6. The minimum absolute atomic E-state index is 0.122. The average molecular weight is 263 g/mol. The first-order valence-corrected chi connectivity index (χ1v) is 5.54. The molecule has 0 aliphatic heterocycles. The SMILES string of the molecule is Cc1cc(=O)n(CCn2cc(C(=O)NN)nn2)cn1. The van der Waals surface area contributed by atoms with E-state index in [9.17, 15) is 9.59 Å². The third kappa shape index (κ3) is 3.01. The number of nitrogens with one attached hydrogen (secondary N) is 1. The standard InChI is InChI=1S/C10H13N7O2/c1-7-4-9(18)16(6-12-7)2-3-17-5-8(14-15-17)10(19)13-11/h4-6H,2-3,11H2,1H3,(H,13,19). The van der Waals surface area contributed by atoms with E-state index in [1.807, 2.05) is 5.43 Å². The van der Waals surface area contributed by atoms with E-state index in [4.69, 9.17) is 5.84 Å². The lowest BCUT2D eigenvalue weighted by atomic mass is 10.4. The molecule has 2 aromatic rings. The van der Waals surface area contributed by atoms with Crippen molar-refractivity contribution in [2.45, 2.75) is 20.0 Å². The van der Waals surface area contributed by atoms with Gasteiger partial charge in [0.15, 0.2) is 5.69 Å². The first-order valence-electron chi connectivity index (χ1n) is 5.54. The summed E-state index contributed by atoms with van der Waals surface area (Å²) in [5.41, 5.74) is 2.62. The maximum Gasteiger partial charge on any atom is 0.287 e. The van der Waals surface area contributed by atoms with E-state index < -0.39 is 5.91 Å². The van der Waals surface area contributed by atoms with E-state index in [0.717, 1.165) is 0 Å². The number of hydrogen-bond donors (Lipinski definition) is 2. The van der Waals surface area contributed by atoms with Crippen molar-refractivity contribution < 1.29 is 4.79 Å². The van der Waals surface area contributed by atoms with Gasteiger partial charge in [0.2, 0.25) is 0 Å². The van der Waals surface area contributed by atoms with E-state index >= 15 is 0 Å². The lowest BCUT2D eigenvalue weighted by Crippen LogP contribution is -2.30. The van der Waals surface area contributed by atoms with Crippen LogP contribution in [0.1, 0.15) is 16.2 Å². The first-order chi connectivity index (χ1) is 9.10. The fourth-order valence-electron chi connectivity index (χ4n) is 1.48. The van der Waals surface area contributed by atoms with Gasteiger partial charge in [-0.25, -0.2) is 15.5 Å². The summed E-state index contributed by atoms with van der Waals surface area (Å²) in [6.45, 7) is 2.54. The number of rotatable bonds is 4. The van der Waals surface area contributed by atoms with Gasteiger partial charge in [0.1, 0.15) is 0 Å². The Balaban J connectivity index is 2.04. The van der Waals surface area contributed by atoms with E-state index in [0.29, 0.717) is 18.8 Å². The van der Waals surface area contributed by atoms with Crippen LogP contribution in [0.25, 0.3) is 0 Å². The summed E-state index contributed by atoms with van der Waals surface area (Å²) in [6.07, 6.45) is 2.93. The summed E-state index contributed by atoms with van der Waals surface area (Å²) in [6, 6.07) is 1.45. The Hall–Kier alpha value is -2.55. The van der Waals surface area contributed by atoms with Gasteiger partial charge in [-0.15, -0.1) is 5.10 Å². The van der Waals surface area contributed by atoms with Crippen LogP contribution in [-0.2, 0) is 13.1 Å². The number of aryl methyl sites for hydroxylation is 3. The molecule has 0 aliphatic carbocycles. The van der Waals surface area contributed by atoms with Crippen LogP contribution in [0.3, 0.4) is 0 Å².